The highest BCUT2D eigenvalue weighted by molar-refractivity contribution is 6.02. The van der Waals surface area contributed by atoms with Crippen molar-refractivity contribution >= 4 is 17.5 Å². The molecular weight excluding hydrogens is 376 g/mol. The number of ether oxygens (including phenoxy) is 1. The first kappa shape index (κ1) is 23.5. The van der Waals surface area contributed by atoms with Gasteiger partial charge in [-0.15, -0.1) is 0 Å². The zero-order chi connectivity index (χ0) is 22.4. The summed E-state index contributed by atoms with van der Waals surface area (Å²) >= 11 is 0. The molecule has 2 aromatic rings. The van der Waals surface area contributed by atoms with Gasteiger partial charge in [-0.05, 0) is 53.1 Å². The van der Waals surface area contributed by atoms with Gasteiger partial charge >= 0.3 is 0 Å². The number of rotatable bonds is 8. The SMILES string of the molecule is COc1ccc(C(=O)N[C@H](C(=O)Nc2c(C(C)C)cccc2C(C)C)C(C)C)cc1. The van der Waals surface area contributed by atoms with Gasteiger partial charge in [-0.2, -0.15) is 0 Å². The summed E-state index contributed by atoms with van der Waals surface area (Å²) in [5.74, 6) is 0.655. The lowest BCUT2D eigenvalue weighted by atomic mass is 9.92. The van der Waals surface area contributed by atoms with E-state index in [1.807, 2.05) is 32.0 Å². The number of nitrogens with one attached hydrogen (secondary N) is 2. The predicted molar refractivity (Wildman–Crippen MR) is 122 cm³/mol. The number of anilines is 1. The van der Waals surface area contributed by atoms with Gasteiger partial charge in [-0.1, -0.05) is 59.7 Å². The second kappa shape index (κ2) is 10.3. The minimum absolute atomic E-state index is 0.0686. The minimum atomic E-state index is -0.653. The van der Waals surface area contributed by atoms with Gasteiger partial charge < -0.3 is 15.4 Å². The van der Waals surface area contributed by atoms with Gasteiger partial charge in [0.2, 0.25) is 5.91 Å². The number of para-hydroxylation sites is 1. The van der Waals surface area contributed by atoms with Crippen molar-refractivity contribution in [1.29, 1.82) is 0 Å². The van der Waals surface area contributed by atoms with E-state index >= 15 is 0 Å². The van der Waals surface area contributed by atoms with Gasteiger partial charge in [0.1, 0.15) is 11.8 Å². The van der Waals surface area contributed by atoms with Crippen LogP contribution in [0.5, 0.6) is 5.75 Å². The normalized spacial score (nSPS) is 12.2. The Hall–Kier alpha value is -2.82. The third kappa shape index (κ3) is 5.62. The van der Waals surface area contributed by atoms with E-state index in [0.717, 1.165) is 16.8 Å². The van der Waals surface area contributed by atoms with Crippen LogP contribution in [0.2, 0.25) is 0 Å². The van der Waals surface area contributed by atoms with E-state index in [0.29, 0.717) is 11.3 Å². The molecular formula is C25H34N2O3. The molecule has 2 amide bonds. The quantitative estimate of drug-likeness (QED) is 0.618. The van der Waals surface area contributed by atoms with Crippen LogP contribution in [-0.2, 0) is 4.79 Å². The highest BCUT2D eigenvalue weighted by Gasteiger charge is 2.26. The Bertz CT molecular complexity index is 844. The van der Waals surface area contributed by atoms with Crippen molar-refractivity contribution < 1.29 is 14.3 Å². The van der Waals surface area contributed by atoms with Crippen LogP contribution in [0, 0.1) is 5.92 Å². The summed E-state index contributed by atoms with van der Waals surface area (Å²) in [5, 5.41) is 6.02. The zero-order valence-corrected chi connectivity index (χ0v) is 19.1. The van der Waals surface area contributed by atoms with Gasteiger partial charge in [0.05, 0.1) is 7.11 Å². The molecule has 5 heteroatoms. The Morgan fingerprint density at radius 1 is 0.833 bits per heavy atom. The lowest BCUT2D eigenvalue weighted by Crippen LogP contribution is -2.47. The number of hydrogen-bond donors (Lipinski definition) is 2. The number of benzene rings is 2. The van der Waals surface area contributed by atoms with E-state index in [9.17, 15) is 9.59 Å². The van der Waals surface area contributed by atoms with Crippen LogP contribution in [0.1, 0.15) is 74.9 Å². The molecule has 0 unspecified atom stereocenters. The molecule has 0 saturated carbocycles. The number of amides is 2. The maximum absolute atomic E-state index is 13.2. The predicted octanol–water partition coefficient (Wildman–Crippen LogP) is 5.34. The maximum Gasteiger partial charge on any atom is 0.251 e. The van der Waals surface area contributed by atoms with Crippen molar-refractivity contribution in [1.82, 2.24) is 5.32 Å². The molecule has 0 fully saturated rings. The molecule has 2 N–H and O–H groups in total. The van der Waals surface area contributed by atoms with Crippen molar-refractivity contribution in [3.05, 3.63) is 59.2 Å². The van der Waals surface area contributed by atoms with E-state index in [1.54, 1.807) is 31.4 Å². The molecule has 1 atom stereocenters. The number of methoxy groups -OCH3 is 1. The van der Waals surface area contributed by atoms with Crippen molar-refractivity contribution in [2.45, 2.75) is 59.4 Å². The molecule has 0 aliphatic heterocycles. The summed E-state index contributed by atoms with van der Waals surface area (Å²) in [6.45, 7) is 12.3. The van der Waals surface area contributed by atoms with Gasteiger partial charge in [0.15, 0.2) is 0 Å². The summed E-state index contributed by atoms with van der Waals surface area (Å²) in [7, 11) is 1.58. The molecule has 30 heavy (non-hydrogen) atoms. The van der Waals surface area contributed by atoms with Crippen LogP contribution in [0.3, 0.4) is 0 Å². The van der Waals surface area contributed by atoms with Crippen LogP contribution in [-0.4, -0.2) is 25.0 Å². The third-order valence-corrected chi connectivity index (χ3v) is 5.21. The Balaban J connectivity index is 2.27. The van der Waals surface area contributed by atoms with Crippen molar-refractivity contribution in [3.8, 4) is 5.75 Å². The van der Waals surface area contributed by atoms with E-state index < -0.39 is 6.04 Å². The van der Waals surface area contributed by atoms with Crippen LogP contribution in [0.4, 0.5) is 5.69 Å². The molecule has 0 spiro atoms. The first-order chi connectivity index (χ1) is 14.1. The fraction of sp³-hybridized carbons (Fsp3) is 0.440. The topological polar surface area (TPSA) is 67.4 Å². The molecule has 0 bridgehead atoms. The Labute approximate surface area is 180 Å². The second-order valence-electron chi connectivity index (χ2n) is 8.53. The van der Waals surface area contributed by atoms with Crippen molar-refractivity contribution in [3.63, 3.8) is 0 Å². The van der Waals surface area contributed by atoms with Crippen LogP contribution < -0.4 is 15.4 Å². The average molecular weight is 411 g/mol. The highest BCUT2D eigenvalue weighted by atomic mass is 16.5. The van der Waals surface area contributed by atoms with Gasteiger partial charge in [0, 0.05) is 11.3 Å². The first-order valence-electron chi connectivity index (χ1n) is 10.5. The van der Waals surface area contributed by atoms with E-state index in [2.05, 4.69) is 38.3 Å². The summed E-state index contributed by atoms with van der Waals surface area (Å²) in [6.07, 6.45) is 0. The largest absolute Gasteiger partial charge is 0.497 e. The van der Waals surface area contributed by atoms with Gasteiger partial charge in [0.25, 0.3) is 5.91 Å². The molecule has 2 rings (SSSR count). The zero-order valence-electron chi connectivity index (χ0n) is 19.1. The molecule has 0 aliphatic carbocycles. The van der Waals surface area contributed by atoms with E-state index in [4.69, 9.17) is 4.74 Å². The average Bonchev–Trinajstić information content (AvgIpc) is 2.71. The molecule has 0 saturated heterocycles. The Morgan fingerprint density at radius 2 is 1.37 bits per heavy atom. The molecule has 0 aliphatic rings. The number of carbonyl (C=O) groups excluding carboxylic acids is 2. The molecule has 162 valence electrons. The molecule has 0 radical (unpaired) electrons. The third-order valence-electron chi connectivity index (χ3n) is 5.21. The van der Waals surface area contributed by atoms with Crippen LogP contribution >= 0.6 is 0 Å². The smallest absolute Gasteiger partial charge is 0.251 e. The second-order valence-corrected chi connectivity index (χ2v) is 8.53. The lowest BCUT2D eigenvalue weighted by molar-refractivity contribution is -0.118. The highest BCUT2D eigenvalue weighted by Crippen LogP contribution is 2.32. The van der Waals surface area contributed by atoms with Crippen molar-refractivity contribution in [2.75, 3.05) is 12.4 Å². The first-order valence-corrected chi connectivity index (χ1v) is 10.5. The number of hydrogen-bond acceptors (Lipinski definition) is 3. The fourth-order valence-electron chi connectivity index (χ4n) is 3.40. The fourth-order valence-corrected chi connectivity index (χ4v) is 3.40. The van der Waals surface area contributed by atoms with Gasteiger partial charge in [-0.3, -0.25) is 9.59 Å². The number of carbonyl (C=O) groups is 2. The molecule has 0 aromatic heterocycles. The minimum Gasteiger partial charge on any atom is -0.497 e. The monoisotopic (exact) mass is 410 g/mol. The summed E-state index contributed by atoms with van der Waals surface area (Å²) in [5.41, 5.74) is 3.54. The molecule has 2 aromatic carbocycles. The van der Waals surface area contributed by atoms with Gasteiger partial charge in [-0.25, -0.2) is 0 Å². The lowest BCUT2D eigenvalue weighted by Gasteiger charge is -2.25. The van der Waals surface area contributed by atoms with E-state index in [-0.39, 0.29) is 29.6 Å². The van der Waals surface area contributed by atoms with E-state index in [1.165, 1.54) is 0 Å². The Morgan fingerprint density at radius 3 is 1.80 bits per heavy atom. The summed E-state index contributed by atoms with van der Waals surface area (Å²) < 4.78 is 5.14. The summed E-state index contributed by atoms with van der Waals surface area (Å²) in [6, 6.07) is 12.3. The molecule has 5 nitrogen and oxygen atoms in total. The van der Waals surface area contributed by atoms with Crippen molar-refractivity contribution in [2.24, 2.45) is 5.92 Å². The van der Waals surface area contributed by atoms with Crippen LogP contribution in [0.25, 0.3) is 0 Å². The summed E-state index contributed by atoms with van der Waals surface area (Å²) in [4.78, 5) is 26.0. The maximum atomic E-state index is 13.2. The Kier molecular flexibility index (Phi) is 8.04. The van der Waals surface area contributed by atoms with Crippen LogP contribution in [0.15, 0.2) is 42.5 Å². The standard InChI is InChI=1S/C25H34N2O3/c1-15(2)20-9-8-10-21(16(3)4)23(20)27-25(29)22(17(5)6)26-24(28)18-11-13-19(30-7)14-12-18/h8-17,22H,1-7H3,(H,26,28)(H,27,29)/t22-/m0/s1. The molecule has 0 heterocycles.